The van der Waals surface area contributed by atoms with E-state index in [2.05, 4.69) is 4.90 Å². The number of fused-ring (bicyclic) bond motifs is 1. The van der Waals surface area contributed by atoms with E-state index in [9.17, 15) is 4.39 Å². The first kappa shape index (κ1) is 12.9. The van der Waals surface area contributed by atoms with Gasteiger partial charge in [-0.2, -0.15) is 0 Å². The summed E-state index contributed by atoms with van der Waals surface area (Å²) >= 11 is 0. The van der Waals surface area contributed by atoms with Gasteiger partial charge in [0.25, 0.3) is 0 Å². The second-order valence-electron chi connectivity index (χ2n) is 6.08. The second kappa shape index (κ2) is 5.49. The first-order valence-electron chi connectivity index (χ1n) is 7.52. The van der Waals surface area contributed by atoms with Crippen LogP contribution >= 0.6 is 0 Å². The minimum atomic E-state index is -0.283. The number of piperidine rings is 1. The fraction of sp³-hybridized carbons (Fsp3) is 0.625. The molecule has 0 radical (unpaired) electrons. The van der Waals surface area contributed by atoms with Gasteiger partial charge in [0.2, 0.25) is 0 Å². The summed E-state index contributed by atoms with van der Waals surface area (Å²) < 4.78 is 13.5. The number of anilines is 1. The molecular weight excluding hydrogens is 239 g/mol. The lowest BCUT2D eigenvalue weighted by Gasteiger charge is -2.44. The van der Waals surface area contributed by atoms with E-state index in [1.807, 2.05) is 6.07 Å². The average Bonchev–Trinajstić information content (AvgIpc) is 2.43. The summed E-state index contributed by atoms with van der Waals surface area (Å²) in [6.07, 6.45) is 8.13. The molecule has 0 bridgehead atoms. The van der Waals surface area contributed by atoms with Crippen LogP contribution in [0.15, 0.2) is 18.2 Å². The smallest absolute Gasteiger partial charge is 0.146 e. The van der Waals surface area contributed by atoms with Crippen LogP contribution in [0, 0.1) is 11.7 Å². The van der Waals surface area contributed by atoms with Crippen molar-refractivity contribution in [1.29, 1.82) is 0 Å². The monoisotopic (exact) mass is 262 g/mol. The highest BCUT2D eigenvalue weighted by molar-refractivity contribution is 5.41. The van der Waals surface area contributed by atoms with Crippen molar-refractivity contribution in [3.05, 3.63) is 29.6 Å². The Morgan fingerprint density at radius 1 is 1.16 bits per heavy atom. The highest BCUT2D eigenvalue weighted by Crippen LogP contribution is 2.36. The molecule has 3 heteroatoms. The molecule has 1 saturated heterocycles. The zero-order valence-electron chi connectivity index (χ0n) is 11.4. The van der Waals surface area contributed by atoms with Gasteiger partial charge < -0.3 is 5.73 Å². The van der Waals surface area contributed by atoms with Gasteiger partial charge in [0.15, 0.2) is 0 Å². The molecule has 0 aromatic heterocycles. The predicted molar refractivity (Wildman–Crippen MR) is 76.2 cm³/mol. The number of benzene rings is 1. The Bertz CT molecular complexity index is 444. The van der Waals surface area contributed by atoms with Crippen molar-refractivity contribution < 1.29 is 4.39 Å². The predicted octanol–water partition coefficient (Wildman–Crippen LogP) is 3.56. The van der Waals surface area contributed by atoms with Gasteiger partial charge in [0, 0.05) is 12.6 Å². The molecule has 2 atom stereocenters. The largest absolute Gasteiger partial charge is 0.396 e. The van der Waals surface area contributed by atoms with Crippen molar-refractivity contribution in [1.82, 2.24) is 4.90 Å². The number of rotatable bonds is 2. The summed E-state index contributed by atoms with van der Waals surface area (Å²) in [4.78, 5) is 2.57. The van der Waals surface area contributed by atoms with E-state index in [4.69, 9.17) is 5.73 Å². The van der Waals surface area contributed by atoms with E-state index in [-0.39, 0.29) is 11.5 Å². The Balaban J connectivity index is 1.72. The Kier molecular flexibility index (Phi) is 3.74. The fourth-order valence-electron chi connectivity index (χ4n) is 3.83. The lowest BCUT2D eigenvalue weighted by Crippen LogP contribution is -2.46. The molecule has 1 saturated carbocycles. The summed E-state index contributed by atoms with van der Waals surface area (Å²) in [6, 6.07) is 5.97. The molecule has 1 aliphatic carbocycles. The molecule has 2 aliphatic rings. The SMILES string of the molecule is Nc1ccc(CN2CCCC3CCCCC32)cc1F. The normalized spacial score (nSPS) is 28.1. The minimum absolute atomic E-state index is 0.248. The van der Waals surface area contributed by atoms with Gasteiger partial charge >= 0.3 is 0 Å². The first-order valence-corrected chi connectivity index (χ1v) is 7.52. The van der Waals surface area contributed by atoms with Crippen LogP contribution in [0.5, 0.6) is 0 Å². The van der Waals surface area contributed by atoms with Gasteiger partial charge in [-0.05, 0) is 55.8 Å². The molecule has 0 amide bonds. The van der Waals surface area contributed by atoms with Gasteiger partial charge in [-0.15, -0.1) is 0 Å². The Labute approximate surface area is 114 Å². The maximum absolute atomic E-state index is 13.5. The topological polar surface area (TPSA) is 29.3 Å². The number of nitrogen functional groups attached to an aromatic ring is 1. The molecule has 1 aromatic rings. The van der Waals surface area contributed by atoms with E-state index in [1.54, 1.807) is 12.1 Å². The van der Waals surface area contributed by atoms with Crippen molar-refractivity contribution in [2.75, 3.05) is 12.3 Å². The fourth-order valence-corrected chi connectivity index (χ4v) is 3.83. The van der Waals surface area contributed by atoms with Crippen molar-refractivity contribution >= 4 is 5.69 Å². The molecule has 19 heavy (non-hydrogen) atoms. The molecule has 3 rings (SSSR count). The van der Waals surface area contributed by atoms with Crippen molar-refractivity contribution in [3.63, 3.8) is 0 Å². The summed E-state index contributed by atoms with van der Waals surface area (Å²) in [5.41, 5.74) is 6.84. The number of nitrogens with two attached hydrogens (primary N) is 1. The van der Waals surface area contributed by atoms with Crippen LogP contribution in [-0.2, 0) is 6.54 Å². The number of nitrogens with zero attached hydrogens (tertiary/aromatic N) is 1. The first-order chi connectivity index (χ1) is 9.24. The second-order valence-corrected chi connectivity index (χ2v) is 6.08. The van der Waals surface area contributed by atoms with Crippen LogP contribution in [0.2, 0.25) is 0 Å². The molecule has 2 unspecified atom stereocenters. The van der Waals surface area contributed by atoms with Crippen molar-refractivity contribution in [3.8, 4) is 0 Å². The van der Waals surface area contributed by atoms with Crippen LogP contribution in [0.25, 0.3) is 0 Å². The number of halogens is 1. The lowest BCUT2D eigenvalue weighted by molar-refractivity contribution is 0.0546. The zero-order chi connectivity index (χ0) is 13.2. The maximum atomic E-state index is 13.5. The molecule has 2 fully saturated rings. The molecule has 1 aliphatic heterocycles. The quantitative estimate of drug-likeness (QED) is 0.826. The van der Waals surface area contributed by atoms with Gasteiger partial charge in [-0.25, -0.2) is 4.39 Å². The third-order valence-corrected chi connectivity index (χ3v) is 4.81. The van der Waals surface area contributed by atoms with Crippen LogP contribution in [-0.4, -0.2) is 17.5 Å². The Hall–Kier alpha value is -1.09. The van der Waals surface area contributed by atoms with Gasteiger partial charge in [0.1, 0.15) is 5.82 Å². The van der Waals surface area contributed by atoms with Crippen molar-refractivity contribution in [2.45, 2.75) is 51.1 Å². The summed E-state index contributed by atoms with van der Waals surface area (Å²) in [5, 5.41) is 0. The molecule has 0 spiro atoms. The molecule has 1 aromatic carbocycles. The van der Waals surface area contributed by atoms with Gasteiger partial charge in [-0.1, -0.05) is 18.9 Å². The average molecular weight is 262 g/mol. The van der Waals surface area contributed by atoms with E-state index < -0.39 is 0 Å². The van der Waals surface area contributed by atoms with Crippen LogP contribution in [0.3, 0.4) is 0 Å². The summed E-state index contributed by atoms with van der Waals surface area (Å²) in [6.45, 7) is 2.03. The Morgan fingerprint density at radius 3 is 2.79 bits per heavy atom. The highest BCUT2D eigenvalue weighted by Gasteiger charge is 2.32. The third-order valence-electron chi connectivity index (χ3n) is 4.81. The van der Waals surface area contributed by atoms with E-state index >= 15 is 0 Å². The van der Waals surface area contributed by atoms with Crippen LogP contribution in [0.4, 0.5) is 10.1 Å². The summed E-state index contributed by atoms with van der Waals surface area (Å²) in [5.74, 6) is 0.593. The number of hydrogen-bond acceptors (Lipinski definition) is 2. The molecule has 104 valence electrons. The standard InChI is InChI=1S/C16H23FN2/c17-14-10-12(7-8-15(14)18)11-19-9-3-5-13-4-1-2-6-16(13)19/h7-8,10,13,16H,1-6,9,11,18H2. The zero-order valence-corrected chi connectivity index (χ0v) is 11.4. The number of hydrogen-bond donors (Lipinski definition) is 1. The van der Waals surface area contributed by atoms with E-state index in [1.165, 1.54) is 38.5 Å². The highest BCUT2D eigenvalue weighted by atomic mass is 19.1. The van der Waals surface area contributed by atoms with Gasteiger partial charge in [0.05, 0.1) is 5.69 Å². The number of likely N-dealkylation sites (tertiary alicyclic amines) is 1. The molecular formula is C16H23FN2. The minimum Gasteiger partial charge on any atom is -0.396 e. The third kappa shape index (κ3) is 2.76. The molecule has 1 heterocycles. The molecule has 2 N–H and O–H groups in total. The van der Waals surface area contributed by atoms with E-state index in [0.717, 1.165) is 30.6 Å². The van der Waals surface area contributed by atoms with Crippen molar-refractivity contribution in [2.24, 2.45) is 5.92 Å². The lowest BCUT2D eigenvalue weighted by atomic mass is 9.78. The van der Waals surface area contributed by atoms with Crippen LogP contribution in [0.1, 0.15) is 44.1 Å². The summed E-state index contributed by atoms with van der Waals surface area (Å²) in [7, 11) is 0. The molecule has 2 nitrogen and oxygen atoms in total. The Morgan fingerprint density at radius 2 is 1.95 bits per heavy atom. The van der Waals surface area contributed by atoms with E-state index in [0.29, 0.717) is 0 Å². The van der Waals surface area contributed by atoms with Crippen LogP contribution < -0.4 is 5.73 Å². The maximum Gasteiger partial charge on any atom is 0.146 e. The van der Waals surface area contributed by atoms with Gasteiger partial charge in [-0.3, -0.25) is 4.90 Å².